The molecule has 0 saturated heterocycles. The van der Waals surface area contributed by atoms with Gasteiger partial charge in [-0.2, -0.15) is 12.8 Å². The van der Waals surface area contributed by atoms with Crippen LogP contribution in [0.3, 0.4) is 0 Å². The molecular weight excluding hydrogens is 334 g/mol. The summed E-state index contributed by atoms with van der Waals surface area (Å²) < 4.78 is 23.7. The summed E-state index contributed by atoms with van der Waals surface area (Å²) >= 11 is 0. The number of urea groups is 1. The summed E-state index contributed by atoms with van der Waals surface area (Å²) in [6.45, 7) is 0. The fraction of sp³-hybridized carbons (Fsp3) is 0. The van der Waals surface area contributed by atoms with Crippen molar-refractivity contribution in [3.8, 4) is 0 Å². The highest BCUT2D eigenvalue weighted by atomic mass is 32.2. The first kappa shape index (κ1) is 17.4. The number of amides is 3. The molecule has 0 spiro atoms. The van der Waals surface area contributed by atoms with Crippen LogP contribution in [-0.4, -0.2) is 20.4 Å². The summed E-state index contributed by atoms with van der Waals surface area (Å²) in [5.41, 5.74) is 4.63. The lowest BCUT2D eigenvalue weighted by atomic mass is 10.2. The zero-order chi connectivity index (χ0) is 17.6. The van der Waals surface area contributed by atoms with Crippen molar-refractivity contribution in [2.24, 2.45) is 5.14 Å². The highest BCUT2D eigenvalue weighted by Gasteiger charge is 2.19. The van der Waals surface area contributed by atoms with Crippen LogP contribution in [0.2, 0.25) is 0 Å². The summed E-state index contributed by atoms with van der Waals surface area (Å²) in [5, 5.41) is 7.13. The fourth-order valence-electron chi connectivity index (χ4n) is 1.74. The first-order valence-electron chi connectivity index (χ1n) is 6.68. The van der Waals surface area contributed by atoms with Gasteiger partial charge in [-0.25, -0.2) is 9.93 Å². The van der Waals surface area contributed by atoms with Crippen molar-refractivity contribution < 1.29 is 18.0 Å². The molecule has 2 aromatic carbocycles. The Morgan fingerprint density at radius 2 is 1.46 bits per heavy atom. The number of imide groups is 1. The Labute approximate surface area is 138 Å². The molecule has 0 aliphatic heterocycles. The summed E-state index contributed by atoms with van der Waals surface area (Å²) in [5.74, 6) is -0.642. The largest absolute Gasteiger partial charge is 0.337 e. The zero-order valence-corrected chi connectivity index (χ0v) is 13.2. The van der Waals surface area contributed by atoms with E-state index in [2.05, 4.69) is 5.53 Å². The number of hydrazine groups is 2. The van der Waals surface area contributed by atoms with E-state index in [0.29, 0.717) is 4.41 Å². The number of anilines is 1. The molecule has 24 heavy (non-hydrogen) atoms. The molecule has 3 amide bonds. The average Bonchev–Trinajstić information content (AvgIpc) is 2.55. The van der Waals surface area contributed by atoms with Gasteiger partial charge in [0.2, 0.25) is 0 Å². The van der Waals surface area contributed by atoms with E-state index in [0.717, 1.165) is 0 Å². The number of rotatable bonds is 5. The maximum Gasteiger partial charge on any atom is 0.337 e. The number of carbonyl (C=O) groups is 2. The molecule has 0 unspecified atom stereocenters. The minimum Gasteiger partial charge on any atom is -0.273 e. The molecule has 0 aromatic heterocycles. The summed E-state index contributed by atoms with van der Waals surface area (Å²) in [4.78, 5) is 23.5. The van der Waals surface area contributed by atoms with Crippen LogP contribution in [0.25, 0.3) is 0 Å². The van der Waals surface area contributed by atoms with Gasteiger partial charge in [0.1, 0.15) is 0 Å². The fourth-order valence-corrected chi connectivity index (χ4v) is 2.32. The Morgan fingerprint density at radius 3 is 2.00 bits per heavy atom. The van der Waals surface area contributed by atoms with E-state index in [1.54, 1.807) is 36.4 Å². The number of para-hydroxylation sites is 1. The summed E-state index contributed by atoms with van der Waals surface area (Å²) in [7, 11) is -4.20. The van der Waals surface area contributed by atoms with Crippen molar-refractivity contribution in [2.45, 2.75) is 0 Å². The monoisotopic (exact) mass is 349 g/mol. The van der Waals surface area contributed by atoms with E-state index in [1.807, 2.05) is 10.7 Å². The molecule has 0 atom stereocenters. The van der Waals surface area contributed by atoms with Crippen LogP contribution in [0.4, 0.5) is 10.5 Å². The topological polar surface area (TPSA) is 134 Å². The standard InChI is InChI=1S/C14H15N5O4S/c15-24(22,23)19(12-9-5-2-6-10-12)18-17-14(21)16-13(20)11-7-3-1-4-8-11/h1-10,18H,(H2,15,22,23)(H2,16,17,20,21). The summed E-state index contributed by atoms with van der Waals surface area (Å²) in [6, 6.07) is 14.9. The Morgan fingerprint density at radius 1 is 0.917 bits per heavy atom. The molecule has 126 valence electrons. The molecular formula is C14H15N5O4S. The second-order valence-electron chi connectivity index (χ2n) is 4.53. The van der Waals surface area contributed by atoms with Crippen molar-refractivity contribution in [1.29, 1.82) is 0 Å². The molecule has 0 aliphatic carbocycles. The van der Waals surface area contributed by atoms with Crippen molar-refractivity contribution in [3.05, 3.63) is 66.2 Å². The highest BCUT2D eigenvalue weighted by molar-refractivity contribution is 7.90. The number of benzene rings is 2. The van der Waals surface area contributed by atoms with E-state index in [4.69, 9.17) is 5.14 Å². The van der Waals surface area contributed by atoms with Gasteiger partial charge in [0, 0.05) is 5.56 Å². The lowest BCUT2D eigenvalue weighted by Gasteiger charge is -2.22. The number of hydrogen-bond acceptors (Lipinski definition) is 5. The lowest BCUT2D eigenvalue weighted by Crippen LogP contribution is -2.57. The van der Waals surface area contributed by atoms with Crippen LogP contribution >= 0.6 is 0 Å². The highest BCUT2D eigenvalue weighted by Crippen LogP contribution is 2.12. The third-order valence-corrected chi connectivity index (χ3v) is 3.59. The molecule has 0 aliphatic rings. The SMILES string of the molecule is NS(=O)(=O)N(NNC(=O)NC(=O)c1ccccc1)c1ccccc1. The molecule has 0 fully saturated rings. The predicted molar refractivity (Wildman–Crippen MR) is 87.6 cm³/mol. The normalized spacial score (nSPS) is 10.7. The van der Waals surface area contributed by atoms with Crippen LogP contribution < -0.4 is 25.8 Å². The molecule has 0 heterocycles. The van der Waals surface area contributed by atoms with E-state index < -0.39 is 22.1 Å². The number of nitrogens with zero attached hydrogens (tertiary/aromatic N) is 1. The van der Waals surface area contributed by atoms with Gasteiger partial charge in [-0.1, -0.05) is 36.4 Å². The molecule has 2 rings (SSSR count). The maximum absolute atomic E-state index is 11.8. The van der Waals surface area contributed by atoms with Gasteiger partial charge < -0.3 is 0 Å². The van der Waals surface area contributed by atoms with Gasteiger partial charge in [0.15, 0.2) is 0 Å². The number of nitrogens with two attached hydrogens (primary N) is 1. The van der Waals surface area contributed by atoms with Gasteiger partial charge >= 0.3 is 16.2 Å². The lowest BCUT2D eigenvalue weighted by molar-refractivity contribution is 0.0963. The van der Waals surface area contributed by atoms with E-state index in [9.17, 15) is 18.0 Å². The van der Waals surface area contributed by atoms with Gasteiger partial charge in [-0.3, -0.25) is 15.5 Å². The van der Waals surface area contributed by atoms with Crippen LogP contribution in [-0.2, 0) is 10.2 Å². The van der Waals surface area contributed by atoms with E-state index >= 15 is 0 Å². The van der Waals surface area contributed by atoms with Gasteiger partial charge in [-0.05, 0) is 24.3 Å². The van der Waals surface area contributed by atoms with Gasteiger partial charge in [-0.15, -0.1) is 5.53 Å². The number of carbonyl (C=O) groups excluding carboxylic acids is 2. The second kappa shape index (κ2) is 7.55. The average molecular weight is 349 g/mol. The quantitative estimate of drug-likeness (QED) is 0.574. The van der Waals surface area contributed by atoms with E-state index in [1.165, 1.54) is 24.3 Å². The molecule has 5 N–H and O–H groups in total. The third kappa shape index (κ3) is 4.78. The van der Waals surface area contributed by atoms with Crippen LogP contribution in [0.15, 0.2) is 60.7 Å². The molecule has 0 radical (unpaired) electrons. The van der Waals surface area contributed by atoms with Crippen molar-refractivity contribution >= 4 is 27.8 Å². The Hall–Kier alpha value is -2.95. The minimum atomic E-state index is -4.20. The molecule has 0 saturated carbocycles. The summed E-state index contributed by atoms with van der Waals surface area (Å²) in [6.07, 6.45) is 0. The molecule has 9 nitrogen and oxygen atoms in total. The third-order valence-electron chi connectivity index (χ3n) is 2.78. The first-order chi connectivity index (χ1) is 11.4. The first-order valence-corrected chi connectivity index (χ1v) is 8.18. The molecule has 0 bridgehead atoms. The smallest absolute Gasteiger partial charge is 0.273 e. The Bertz CT molecular complexity index is 812. The van der Waals surface area contributed by atoms with Gasteiger partial charge in [0.25, 0.3) is 5.91 Å². The van der Waals surface area contributed by atoms with Crippen LogP contribution in [0.5, 0.6) is 0 Å². The van der Waals surface area contributed by atoms with Crippen molar-refractivity contribution in [1.82, 2.24) is 16.3 Å². The van der Waals surface area contributed by atoms with Crippen molar-refractivity contribution in [3.63, 3.8) is 0 Å². The van der Waals surface area contributed by atoms with Crippen LogP contribution in [0.1, 0.15) is 10.4 Å². The van der Waals surface area contributed by atoms with Gasteiger partial charge in [0.05, 0.1) is 5.69 Å². The molecule has 2 aromatic rings. The Balaban J connectivity index is 1.99. The molecule has 10 heteroatoms. The zero-order valence-electron chi connectivity index (χ0n) is 12.3. The Kier molecular flexibility index (Phi) is 5.47. The maximum atomic E-state index is 11.8. The second-order valence-corrected chi connectivity index (χ2v) is 5.93. The number of nitrogens with one attached hydrogen (secondary N) is 3. The predicted octanol–water partition coefficient (Wildman–Crippen LogP) is 0.256. The van der Waals surface area contributed by atoms with Crippen LogP contribution in [0, 0.1) is 0 Å². The van der Waals surface area contributed by atoms with Crippen molar-refractivity contribution in [2.75, 3.05) is 4.41 Å². The minimum absolute atomic E-state index is 0.176. The number of hydrogen-bond donors (Lipinski definition) is 4. The van der Waals surface area contributed by atoms with E-state index in [-0.39, 0.29) is 11.3 Å².